The monoisotopic (exact) mass is 167 g/mol. The zero-order valence-electron chi connectivity index (χ0n) is 8.47. The van der Waals surface area contributed by atoms with Crippen LogP contribution in [-0.2, 0) is 0 Å². The summed E-state index contributed by atoms with van der Waals surface area (Å²) in [5.74, 6) is 2.68. The molecule has 0 atom stereocenters. The molecule has 0 aromatic rings. The molecule has 12 heavy (non-hydrogen) atoms. The summed E-state index contributed by atoms with van der Waals surface area (Å²) < 4.78 is 0. The Balaban J connectivity index is 3.34. The maximum atomic E-state index is 5.19. The van der Waals surface area contributed by atoms with Crippen LogP contribution in [0.15, 0.2) is 0 Å². The molecule has 0 aromatic carbocycles. The van der Waals surface area contributed by atoms with E-state index in [-0.39, 0.29) is 0 Å². The quantitative estimate of drug-likeness (QED) is 0.416. The molecule has 0 aliphatic heterocycles. The first-order valence-corrected chi connectivity index (χ1v) is 5.01. The van der Waals surface area contributed by atoms with Gasteiger partial charge in [0.25, 0.3) is 0 Å². The van der Waals surface area contributed by atoms with E-state index in [2.05, 4.69) is 24.7 Å². The molecule has 0 aliphatic carbocycles. The Hall–Kier alpha value is -0.480. The van der Waals surface area contributed by atoms with Gasteiger partial charge in [0.1, 0.15) is 0 Å². The zero-order chi connectivity index (χ0) is 9.23. The van der Waals surface area contributed by atoms with Crippen molar-refractivity contribution in [3.63, 3.8) is 0 Å². The lowest BCUT2D eigenvalue weighted by Crippen LogP contribution is -2.25. The lowest BCUT2D eigenvalue weighted by Gasteiger charge is -2.19. The summed E-state index contributed by atoms with van der Waals surface area (Å²) in [6, 6.07) is 0. The lowest BCUT2D eigenvalue weighted by atomic mass is 10.2. The van der Waals surface area contributed by atoms with Crippen molar-refractivity contribution in [2.45, 2.75) is 39.5 Å². The second-order valence-corrected chi connectivity index (χ2v) is 3.10. The second-order valence-electron chi connectivity index (χ2n) is 3.10. The molecule has 0 rings (SSSR count). The SMILES string of the molecule is C#CCCCN(CC)CCCC. The molecule has 0 heterocycles. The largest absolute Gasteiger partial charge is 0.304 e. The van der Waals surface area contributed by atoms with Crippen molar-refractivity contribution in [2.75, 3.05) is 19.6 Å². The Morgan fingerprint density at radius 3 is 2.33 bits per heavy atom. The third-order valence-electron chi connectivity index (χ3n) is 2.07. The number of nitrogens with zero attached hydrogens (tertiary/aromatic N) is 1. The van der Waals surface area contributed by atoms with Crippen molar-refractivity contribution in [2.24, 2.45) is 0 Å². The van der Waals surface area contributed by atoms with E-state index in [1.54, 1.807) is 0 Å². The normalized spacial score (nSPS) is 10.2. The number of hydrogen-bond donors (Lipinski definition) is 0. The average molecular weight is 167 g/mol. The van der Waals surface area contributed by atoms with E-state index < -0.39 is 0 Å². The maximum Gasteiger partial charge on any atom is 0.00982 e. The molecule has 70 valence electrons. The molecule has 0 radical (unpaired) electrons. The van der Waals surface area contributed by atoms with Crippen LogP contribution in [0.5, 0.6) is 0 Å². The summed E-state index contributed by atoms with van der Waals surface area (Å²) >= 11 is 0. The van der Waals surface area contributed by atoms with Crippen molar-refractivity contribution in [1.82, 2.24) is 4.90 Å². The summed E-state index contributed by atoms with van der Waals surface area (Å²) in [6.07, 6.45) is 9.85. The van der Waals surface area contributed by atoms with Gasteiger partial charge in [-0.15, -0.1) is 12.3 Å². The van der Waals surface area contributed by atoms with Crippen LogP contribution in [0.3, 0.4) is 0 Å². The van der Waals surface area contributed by atoms with E-state index >= 15 is 0 Å². The first kappa shape index (κ1) is 11.5. The van der Waals surface area contributed by atoms with Crippen molar-refractivity contribution in [3.05, 3.63) is 0 Å². The van der Waals surface area contributed by atoms with Crippen LogP contribution in [0.1, 0.15) is 39.5 Å². The van der Waals surface area contributed by atoms with Gasteiger partial charge in [0.05, 0.1) is 0 Å². The predicted octanol–water partition coefficient (Wildman–Crippen LogP) is 2.52. The first-order valence-electron chi connectivity index (χ1n) is 5.01. The highest BCUT2D eigenvalue weighted by molar-refractivity contribution is 4.83. The number of rotatable bonds is 7. The Labute approximate surface area is 77.1 Å². The van der Waals surface area contributed by atoms with Gasteiger partial charge in [-0.1, -0.05) is 20.3 Å². The highest BCUT2D eigenvalue weighted by Gasteiger charge is 1.99. The summed E-state index contributed by atoms with van der Waals surface area (Å²) in [6.45, 7) is 8.00. The highest BCUT2D eigenvalue weighted by Crippen LogP contribution is 1.97. The molecule has 0 unspecified atom stereocenters. The fraction of sp³-hybridized carbons (Fsp3) is 0.818. The fourth-order valence-electron chi connectivity index (χ4n) is 1.21. The van der Waals surface area contributed by atoms with Crippen LogP contribution in [-0.4, -0.2) is 24.5 Å². The van der Waals surface area contributed by atoms with Crippen molar-refractivity contribution < 1.29 is 0 Å². The highest BCUT2D eigenvalue weighted by atomic mass is 15.1. The number of terminal acetylenes is 1. The van der Waals surface area contributed by atoms with Gasteiger partial charge in [-0.3, -0.25) is 0 Å². The third kappa shape index (κ3) is 6.24. The summed E-state index contributed by atoms with van der Waals surface area (Å²) in [5, 5.41) is 0. The molecule has 0 aliphatic rings. The molecule has 0 bridgehead atoms. The lowest BCUT2D eigenvalue weighted by molar-refractivity contribution is 0.281. The minimum absolute atomic E-state index is 0.919. The molecule has 0 saturated heterocycles. The Bertz CT molecular complexity index is 123. The molecular weight excluding hydrogens is 146 g/mol. The third-order valence-corrected chi connectivity index (χ3v) is 2.07. The summed E-state index contributed by atoms with van der Waals surface area (Å²) in [5.41, 5.74) is 0. The molecule has 1 nitrogen and oxygen atoms in total. The molecule has 0 fully saturated rings. The first-order chi connectivity index (χ1) is 5.85. The van der Waals surface area contributed by atoms with E-state index in [1.807, 2.05) is 0 Å². The van der Waals surface area contributed by atoms with Gasteiger partial charge in [0.15, 0.2) is 0 Å². The molecule has 0 N–H and O–H groups in total. The van der Waals surface area contributed by atoms with Crippen molar-refractivity contribution in [1.29, 1.82) is 0 Å². The molecule has 0 saturated carbocycles. The van der Waals surface area contributed by atoms with Gasteiger partial charge >= 0.3 is 0 Å². The molecule has 0 aromatic heterocycles. The van der Waals surface area contributed by atoms with Crippen LogP contribution in [0, 0.1) is 12.3 Å². The van der Waals surface area contributed by atoms with Crippen LogP contribution < -0.4 is 0 Å². The van der Waals surface area contributed by atoms with Crippen LogP contribution in [0.2, 0.25) is 0 Å². The van der Waals surface area contributed by atoms with Crippen LogP contribution >= 0.6 is 0 Å². The minimum Gasteiger partial charge on any atom is -0.304 e. The number of unbranched alkanes of at least 4 members (excludes halogenated alkanes) is 2. The number of hydrogen-bond acceptors (Lipinski definition) is 1. The predicted molar refractivity (Wildman–Crippen MR) is 55.1 cm³/mol. The minimum atomic E-state index is 0.919. The van der Waals surface area contributed by atoms with E-state index in [9.17, 15) is 0 Å². The van der Waals surface area contributed by atoms with E-state index in [0.717, 1.165) is 19.4 Å². The smallest absolute Gasteiger partial charge is 0.00982 e. The molecular formula is C11H21N. The fourth-order valence-corrected chi connectivity index (χ4v) is 1.21. The van der Waals surface area contributed by atoms with Gasteiger partial charge < -0.3 is 4.90 Å². The zero-order valence-corrected chi connectivity index (χ0v) is 8.47. The van der Waals surface area contributed by atoms with Crippen LogP contribution in [0.4, 0.5) is 0 Å². The van der Waals surface area contributed by atoms with Crippen molar-refractivity contribution >= 4 is 0 Å². The van der Waals surface area contributed by atoms with E-state index in [1.165, 1.54) is 25.9 Å². The Morgan fingerprint density at radius 2 is 1.83 bits per heavy atom. The van der Waals surface area contributed by atoms with Crippen molar-refractivity contribution in [3.8, 4) is 12.3 Å². The van der Waals surface area contributed by atoms with Gasteiger partial charge in [-0.25, -0.2) is 0 Å². The van der Waals surface area contributed by atoms with E-state index in [4.69, 9.17) is 6.42 Å². The molecule has 0 spiro atoms. The van der Waals surface area contributed by atoms with Gasteiger partial charge in [0, 0.05) is 6.42 Å². The summed E-state index contributed by atoms with van der Waals surface area (Å²) in [4.78, 5) is 2.47. The van der Waals surface area contributed by atoms with Gasteiger partial charge in [0.2, 0.25) is 0 Å². The summed E-state index contributed by atoms with van der Waals surface area (Å²) in [7, 11) is 0. The van der Waals surface area contributed by atoms with Gasteiger partial charge in [-0.05, 0) is 32.5 Å². The van der Waals surface area contributed by atoms with Crippen LogP contribution in [0.25, 0.3) is 0 Å². The Kier molecular flexibility index (Phi) is 8.27. The topological polar surface area (TPSA) is 3.24 Å². The van der Waals surface area contributed by atoms with E-state index in [0.29, 0.717) is 0 Å². The second kappa shape index (κ2) is 8.62. The standard InChI is InChI=1S/C11H21N/c1-4-7-9-11-12(6-3)10-8-5-2/h1H,5-11H2,2-3H3. The van der Waals surface area contributed by atoms with Gasteiger partial charge in [-0.2, -0.15) is 0 Å². The Morgan fingerprint density at radius 1 is 1.17 bits per heavy atom. The maximum absolute atomic E-state index is 5.19. The molecule has 0 amide bonds. The molecule has 1 heteroatoms. The average Bonchev–Trinajstić information content (AvgIpc) is 2.11.